The Hall–Kier alpha value is -3.90. The SMILES string of the molecule is CCCC(CCC)Oc1cc(C(=O)NC2CCN(Cc3ccc(C#N)cc3)CC2)ccn1.Cc1ccc(C(F)(F)F)cc1. The van der Waals surface area contributed by atoms with E-state index < -0.39 is 11.7 Å². The molecule has 43 heavy (non-hydrogen) atoms. The third-order valence-electron chi connectivity index (χ3n) is 7.30. The number of halogens is 3. The van der Waals surface area contributed by atoms with E-state index in [0.29, 0.717) is 17.0 Å². The molecule has 3 aromatic rings. The van der Waals surface area contributed by atoms with Gasteiger partial charge in [0.25, 0.3) is 5.91 Å². The molecule has 1 aromatic heterocycles. The number of pyridine rings is 1. The van der Waals surface area contributed by atoms with Crippen molar-refractivity contribution in [2.75, 3.05) is 13.1 Å². The molecular weight excluding hydrogens is 553 g/mol. The number of carbonyl (C=O) groups is 1. The standard InChI is InChI=1S/C26H34N4O2.C8H7F3/c1-3-5-24(6-4-2)32-25-17-22(11-14-28-25)26(31)29-23-12-15-30(16-13-23)19-21-9-7-20(18-27)8-10-21;1-6-2-4-7(5-3-6)8(9,10)11/h7-11,14,17,23-24H,3-6,12-13,15-16,19H2,1-2H3,(H,29,31);2-5H,1H3. The van der Waals surface area contributed by atoms with Crippen LogP contribution in [0.5, 0.6) is 5.88 Å². The smallest absolute Gasteiger partial charge is 0.416 e. The second-order valence-corrected chi connectivity index (χ2v) is 10.9. The molecule has 0 atom stereocenters. The summed E-state index contributed by atoms with van der Waals surface area (Å²) in [5, 5.41) is 12.1. The van der Waals surface area contributed by atoms with Crippen molar-refractivity contribution in [3.05, 3.63) is 94.7 Å². The molecule has 0 radical (unpaired) electrons. The first kappa shape index (κ1) is 33.6. The molecular formula is C34H41F3N4O2. The molecule has 0 saturated carbocycles. The summed E-state index contributed by atoms with van der Waals surface area (Å²) in [6.07, 6.45) is 3.55. The second-order valence-electron chi connectivity index (χ2n) is 10.9. The van der Waals surface area contributed by atoms with Gasteiger partial charge in [-0.1, -0.05) is 56.5 Å². The number of carbonyl (C=O) groups excluding carboxylic acids is 1. The molecule has 2 aromatic carbocycles. The average Bonchev–Trinajstić information content (AvgIpc) is 2.99. The van der Waals surface area contributed by atoms with Gasteiger partial charge in [-0.3, -0.25) is 9.69 Å². The van der Waals surface area contributed by atoms with Crippen LogP contribution in [0.4, 0.5) is 13.2 Å². The fourth-order valence-electron chi connectivity index (χ4n) is 4.88. The lowest BCUT2D eigenvalue weighted by Crippen LogP contribution is -2.44. The van der Waals surface area contributed by atoms with Crippen LogP contribution >= 0.6 is 0 Å². The van der Waals surface area contributed by atoms with Gasteiger partial charge in [-0.25, -0.2) is 4.98 Å². The van der Waals surface area contributed by atoms with Crippen LogP contribution in [0.1, 0.15) is 85.0 Å². The summed E-state index contributed by atoms with van der Waals surface area (Å²) in [6.45, 7) is 8.79. The first-order chi connectivity index (χ1) is 20.6. The number of likely N-dealkylation sites (tertiary alicyclic amines) is 1. The van der Waals surface area contributed by atoms with Crippen molar-refractivity contribution in [1.82, 2.24) is 15.2 Å². The van der Waals surface area contributed by atoms with Gasteiger partial charge >= 0.3 is 6.18 Å². The molecule has 0 spiro atoms. The molecule has 0 unspecified atom stereocenters. The number of aromatic nitrogens is 1. The molecule has 9 heteroatoms. The predicted molar refractivity (Wildman–Crippen MR) is 162 cm³/mol. The Balaban J connectivity index is 0.000000386. The second kappa shape index (κ2) is 16.7. The number of nitrogens with one attached hydrogen (secondary N) is 1. The first-order valence-corrected chi connectivity index (χ1v) is 14.9. The zero-order chi connectivity index (χ0) is 31.2. The summed E-state index contributed by atoms with van der Waals surface area (Å²) in [5.41, 5.74) is 2.73. The van der Waals surface area contributed by atoms with E-state index in [1.165, 1.54) is 17.7 Å². The lowest BCUT2D eigenvalue weighted by molar-refractivity contribution is -0.137. The summed E-state index contributed by atoms with van der Waals surface area (Å²) in [5.74, 6) is 0.465. The summed E-state index contributed by atoms with van der Waals surface area (Å²) >= 11 is 0. The van der Waals surface area contributed by atoms with Gasteiger partial charge in [-0.15, -0.1) is 0 Å². The summed E-state index contributed by atoms with van der Waals surface area (Å²) in [7, 11) is 0. The van der Waals surface area contributed by atoms with Gasteiger partial charge in [0, 0.05) is 43.5 Å². The molecule has 6 nitrogen and oxygen atoms in total. The van der Waals surface area contributed by atoms with Gasteiger partial charge in [0.2, 0.25) is 5.88 Å². The quantitative estimate of drug-likeness (QED) is 0.260. The fraction of sp³-hybridized carbons (Fsp3) is 0.441. The third-order valence-corrected chi connectivity index (χ3v) is 7.30. The Bertz CT molecular complexity index is 1310. The van der Waals surface area contributed by atoms with Gasteiger partial charge in [0.15, 0.2) is 0 Å². The minimum Gasteiger partial charge on any atom is -0.474 e. The van der Waals surface area contributed by atoms with Crippen molar-refractivity contribution in [3.63, 3.8) is 0 Å². The van der Waals surface area contributed by atoms with Crippen molar-refractivity contribution in [1.29, 1.82) is 5.26 Å². The number of ether oxygens (including phenoxy) is 1. The van der Waals surface area contributed by atoms with E-state index >= 15 is 0 Å². The van der Waals surface area contributed by atoms with E-state index in [0.717, 1.165) is 75.9 Å². The summed E-state index contributed by atoms with van der Waals surface area (Å²) in [4.78, 5) is 19.5. The number of nitriles is 1. The molecule has 1 amide bonds. The molecule has 1 aliphatic rings. The van der Waals surface area contributed by atoms with Crippen molar-refractivity contribution >= 4 is 5.91 Å². The summed E-state index contributed by atoms with van der Waals surface area (Å²) in [6, 6.07) is 18.6. The van der Waals surface area contributed by atoms with Gasteiger partial charge in [0.05, 0.1) is 17.2 Å². The Kier molecular flexibility index (Phi) is 13.0. The van der Waals surface area contributed by atoms with Crippen LogP contribution in [0.15, 0.2) is 66.9 Å². The molecule has 1 saturated heterocycles. The molecule has 1 fully saturated rings. The van der Waals surface area contributed by atoms with Crippen LogP contribution in [0, 0.1) is 18.3 Å². The maximum Gasteiger partial charge on any atom is 0.416 e. The van der Waals surface area contributed by atoms with Crippen LogP contribution in [0.3, 0.4) is 0 Å². The number of nitrogens with zero attached hydrogens (tertiary/aromatic N) is 3. The number of piperidine rings is 1. The van der Waals surface area contributed by atoms with E-state index in [2.05, 4.69) is 35.1 Å². The number of rotatable bonds is 10. The first-order valence-electron chi connectivity index (χ1n) is 14.9. The molecule has 1 aliphatic heterocycles. The van der Waals surface area contributed by atoms with E-state index in [-0.39, 0.29) is 18.1 Å². The maximum atomic E-state index is 12.8. The predicted octanol–water partition coefficient (Wildman–Crippen LogP) is 7.71. The highest BCUT2D eigenvalue weighted by Crippen LogP contribution is 2.28. The number of hydrogen-bond acceptors (Lipinski definition) is 5. The highest BCUT2D eigenvalue weighted by Gasteiger charge is 2.29. The Morgan fingerprint density at radius 3 is 2.23 bits per heavy atom. The largest absolute Gasteiger partial charge is 0.474 e. The van der Waals surface area contributed by atoms with E-state index in [9.17, 15) is 18.0 Å². The van der Waals surface area contributed by atoms with Gasteiger partial charge in [0.1, 0.15) is 6.10 Å². The van der Waals surface area contributed by atoms with Crippen LogP contribution in [-0.2, 0) is 12.7 Å². The minimum absolute atomic E-state index is 0.0645. The van der Waals surface area contributed by atoms with E-state index in [4.69, 9.17) is 10.00 Å². The monoisotopic (exact) mass is 594 g/mol. The van der Waals surface area contributed by atoms with Gasteiger partial charge < -0.3 is 10.1 Å². The molecule has 0 bridgehead atoms. The third kappa shape index (κ3) is 11.4. The van der Waals surface area contributed by atoms with Crippen molar-refractivity contribution in [2.45, 2.75) is 84.2 Å². The number of benzene rings is 2. The average molecular weight is 595 g/mol. The van der Waals surface area contributed by atoms with Crippen LogP contribution < -0.4 is 10.1 Å². The van der Waals surface area contributed by atoms with Crippen LogP contribution in [-0.4, -0.2) is 41.0 Å². The number of amides is 1. The topological polar surface area (TPSA) is 78.2 Å². The molecule has 230 valence electrons. The highest BCUT2D eigenvalue weighted by atomic mass is 19.4. The normalized spacial score (nSPS) is 14.0. The molecule has 1 N–H and O–H groups in total. The fourth-order valence-corrected chi connectivity index (χ4v) is 4.88. The molecule has 0 aliphatic carbocycles. The van der Waals surface area contributed by atoms with Crippen molar-refractivity contribution in [2.24, 2.45) is 0 Å². The summed E-state index contributed by atoms with van der Waals surface area (Å²) < 4.78 is 41.8. The van der Waals surface area contributed by atoms with Crippen molar-refractivity contribution in [3.8, 4) is 11.9 Å². The van der Waals surface area contributed by atoms with E-state index in [1.54, 1.807) is 25.3 Å². The van der Waals surface area contributed by atoms with Gasteiger partial charge in [-0.2, -0.15) is 18.4 Å². The lowest BCUT2D eigenvalue weighted by atomic mass is 10.0. The van der Waals surface area contributed by atoms with Crippen molar-refractivity contribution < 1.29 is 22.7 Å². The molecule has 2 heterocycles. The Morgan fingerprint density at radius 1 is 1.05 bits per heavy atom. The minimum atomic E-state index is -4.21. The van der Waals surface area contributed by atoms with Crippen LogP contribution in [0.2, 0.25) is 0 Å². The number of hydrogen-bond donors (Lipinski definition) is 1. The van der Waals surface area contributed by atoms with E-state index in [1.807, 2.05) is 24.3 Å². The maximum absolute atomic E-state index is 12.8. The Morgan fingerprint density at radius 2 is 1.67 bits per heavy atom. The number of alkyl halides is 3. The lowest BCUT2D eigenvalue weighted by Gasteiger charge is -2.32. The molecule has 4 rings (SSSR count). The Labute approximate surface area is 252 Å². The van der Waals surface area contributed by atoms with Crippen LogP contribution in [0.25, 0.3) is 0 Å². The zero-order valence-electron chi connectivity index (χ0n) is 25.2. The van der Waals surface area contributed by atoms with Gasteiger partial charge in [-0.05, 0) is 68.5 Å². The zero-order valence-corrected chi connectivity index (χ0v) is 25.2. The highest BCUT2D eigenvalue weighted by molar-refractivity contribution is 5.94. The number of aryl methyl sites for hydroxylation is 1.